The van der Waals surface area contributed by atoms with Gasteiger partial charge >= 0.3 is 13.8 Å². The molecule has 0 bridgehead atoms. The van der Waals surface area contributed by atoms with Gasteiger partial charge in [0, 0.05) is 18.0 Å². The molecule has 0 fully saturated rings. The summed E-state index contributed by atoms with van der Waals surface area (Å²) >= 11 is 0. The molecular formula is C27H29F3N5O5P. The van der Waals surface area contributed by atoms with E-state index in [1.54, 1.807) is 32.9 Å². The van der Waals surface area contributed by atoms with Gasteiger partial charge in [0.25, 0.3) is 0 Å². The fourth-order valence-corrected chi connectivity index (χ4v) is 6.08. The maximum Gasteiger partial charge on any atom is 0.421 e. The van der Waals surface area contributed by atoms with Gasteiger partial charge in [0.2, 0.25) is 5.95 Å². The molecule has 0 saturated carbocycles. The third-order valence-electron chi connectivity index (χ3n) is 7.15. The Balaban J connectivity index is 1.78. The maximum atomic E-state index is 13.9. The van der Waals surface area contributed by atoms with Gasteiger partial charge in [0.1, 0.15) is 17.1 Å². The van der Waals surface area contributed by atoms with E-state index in [2.05, 4.69) is 25.6 Å². The summed E-state index contributed by atoms with van der Waals surface area (Å²) in [5, 5.41) is 4.22. The van der Waals surface area contributed by atoms with Crippen molar-refractivity contribution in [1.82, 2.24) is 15.0 Å². The number of nitrogens with zero attached hydrogens (tertiary/aromatic N) is 2. The predicted octanol–water partition coefficient (Wildman–Crippen LogP) is 6.33. The van der Waals surface area contributed by atoms with E-state index in [0.29, 0.717) is 22.8 Å². The standard InChI is InChI=1S/C27H29F3N5O5P/c1-5-26(6-2,41(37,38)39)16-10-11-18(21(12-16)40-4)34-25-32-14-17(27(28,29)30)24(35-25)33-20-9-7-8-19-22(20)23(36)15(3)13-31-19/h7-14H,5-6H2,1-4H3,(H,31,36)(H2,37,38,39)(H2,32,33,34,35). The highest BCUT2D eigenvalue weighted by Crippen LogP contribution is 2.61. The van der Waals surface area contributed by atoms with Crippen LogP contribution in [0.25, 0.3) is 10.9 Å². The third kappa shape index (κ3) is 5.65. The molecule has 0 amide bonds. The molecule has 4 rings (SSSR count). The lowest BCUT2D eigenvalue weighted by Gasteiger charge is -2.33. The van der Waals surface area contributed by atoms with Gasteiger partial charge < -0.3 is 30.1 Å². The van der Waals surface area contributed by atoms with Crippen LogP contribution in [0.2, 0.25) is 0 Å². The van der Waals surface area contributed by atoms with Crippen molar-refractivity contribution in [2.75, 3.05) is 17.7 Å². The Labute approximate surface area is 233 Å². The lowest BCUT2D eigenvalue weighted by atomic mass is 9.92. The van der Waals surface area contributed by atoms with E-state index in [1.807, 2.05) is 0 Å². The number of benzene rings is 2. The summed E-state index contributed by atoms with van der Waals surface area (Å²) in [6, 6.07) is 9.18. The number of halogens is 3. The molecule has 0 aliphatic rings. The lowest BCUT2D eigenvalue weighted by Crippen LogP contribution is -2.24. The van der Waals surface area contributed by atoms with Crippen molar-refractivity contribution in [2.45, 2.75) is 44.9 Å². The number of aromatic amines is 1. The summed E-state index contributed by atoms with van der Waals surface area (Å²) in [6.45, 7) is 4.94. The first kappa shape index (κ1) is 30.0. The van der Waals surface area contributed by atoms with Gasteiger partial charge in [-0.15, -0.1) is 0 Å². The van der Waals surface area contributed by atoms with Crippen molar-refractivity contribution in [3.05, 3.63) is 75.7 Å². The van der Waals surface area contributed by atoms with Gasteiger partial charge in [-0.05, 0) is 49.6 Å². The average molecular weight is 592 g/mol. The van der Waals surface area contributed by atoms with E-state index in [9.17, 15) is 32.3 Å². The molecule has 41 heavy (non-hydrogen) atoms. The Morgan fingerprint density at radius 2 is 1.78 bits per heavy atom. The monoisotopic (exact) mass is 591 g/mol. The fraction of sp³-hybridized carbons (Fsp3) is 0.296. The van der Waals surface area contributed by atoms with Gasteiger partial charge in [0.05, 0.1) is 34.5 Å². The number of hydrogen-bond acceptors (Lipinski definition) is 7. The molecular weight excluding hydrogens is 562 g/mol. The molecule has 0 aliphatic carbocycles. The minimum Gasteiger partial charge on any atom is -0.495 e. The molecule has 0 saturated heterocycles. The number of anilines is 4. The first-order valence-corrected chi connectivity index (χ1v) is 14.2. The van der Waals surface area contributed by atoms with Crippen molar-refractivity contribution < 1.29 is 32.3 Å². The number of rotatable bonds is 9. The van der Waals surface area contributed by atoms with Crippen LogP contribution in [0.1, 0.15) is 43.4 Å². The van der Waals surface area contributed by atoms with Crippen molar-refractivity contribution in [2.24, 2.45) is 0 Å². The number of alkyl halides is 3. The van der Waals surface area contributed by atoms with Crippen molar-refractivity contribution in [1.29, 1.82) is 0 Å². The second-order valence-corrected chi connectivity index (χ2v) is 11.4. The number of H-pyrrole nitrogens is 1. The van der Waals surface area contributed by atoms with Crippen molar-refractivity contribution in [3.8, 4) is 5.75 Å². The molecule has 218 valence electrons. The number of ether oxygens (including phenoxy) is 1. The normalized spacial score (nSPS) is 12.4. The second kappa shape index (κ2) is 11.2. The summed E-state index contributed by atoms with van der Waals surface area (Å²) in [5.74, 6) is -0.628. The third-order valence-corrected chi connectivity index (χ3v) is 9.16. The molecule has 0 atom stereocenters. The number of aryl methyl sites for hydroxylation is 1. The van der Waals surface area contributed by atoms with Crippen molar-refractivity contribution in [3.63, 3.8) is 0 Å². The molecule has 5 N–H and O–H groups in total. The summed E-state index contributed by atoms with van der Waals surface area (Å²) in [4.78, 5) is 43.9. The summed E-state index contributed by atoms with van der Waals surface area (Å²) in [7, 11) is -3.22. The Hall–Kier alpha value is -3.93. The molecule has 0 radical (unpaired) electrons. The van der Waals surface area contributed by atoms with E-state index in [-0.39, 0.29) is 46.7 Å². The van der Waals surface area contributed by atoms with Gasteiger partial charge in [-0.2, -0.15) is 18.2 Å². The molecule has 2 aromatic carbocycles. The number of aromatic nitrogens is 3. The van der Waals surface area contributed by atoms with Crippen LogP contribution in [0.15, 0.2) is 53.6 Å². The van der Waals surface area contributed by atoms with Gasteiger partial charge in [-0.25, -0.2) is 4.98 Å². The summed E-state index contributed by atoms with van der Waals surface area (Å²) in [6.07, 6.45) is -2.34. The Morgan fingerprint density at radius 3 is 2.39 bits per heavy atom. The van der Waals surface area contributed by atoms with Crippen LogP contribution < -0.4 is 20.8 Å². The molecule has 0 spiro atoms. The Kier molecular flexibility index (Phi) is 8.17. The molecule has 10 nitrogen and oxygen atoms in total. The van der Waals surface area contributed by atoms with Gasteiger partial charge in [-0.1, -0.05) is 26.0 Å². The molecule has 14 heteroatoms. The van der Waals surface area contributed by atoms with Crippen LogP contribution in [0.5, 0.6) is 5.75 Å². The van der Waals surface area contributed by atoms with E-state index in [4.69, 9.17) is 4.74 Å². The van der Waals surface area contributed by atoms with Crippen LogP contribution in [0.4, 0.5) is 36.3 Å². The minimum absolute atomic E-state index is 0.123. The summed E-state index contributed by atoms with van der Waals surface area (Å²) < 4.78 is 59.6. The molecule has 2 heterocycles. The van der Waals surface area contributed by atoms with Crippen LogP contribution in [-0.2, 0) is 15.9 Å². The number of fused-ring (bicyclic) bond motifs is 1. The summed E-state index contributed by atoms with van der Waals surface area (Å²) in [5.41, 5.74) is 0.0509. The lowest BCUT2D eigenvalue weighted by molar-refractivity contribution is -0.137. The molecule has 0 unspecified atom stereocenters. The van der Waals surface area contributed by atoms with Crippen LogP contribution in [0, 0.1) is 6.92 Å². The van der Waals surface area contributed by atoms with Crippen LogP contribution in [0.3, 0.4) is 0 Å². The number of nitrogens with one attached hydrogen (secondary N) is 3. The van der Waals surface area contributed by atoms with Crippen LogP contribution >= 0.6 is 7.60 Å². The first-order valence-electron chi connectivity index (χ1n) is 12.6. The zero-order chi connectivity index (χ0) is 30.2. The fourth-order valence-electron chi connectivity index (χ4n) is 4.79. The SMILES string of the molecule is CCC(CC)(c1ccc(Nc2ncc(C(F)(F)F)c(Nc3cccc4[nH]cc(C)c(=O)c34)n2)c(OC)c1)P(=O)(O)O. The zero-order valence-corrected chi connectivity index (χ0v) is 23.5. The number of pyridine rings is 1. The topological polar surface area (TPSA) is 149 Å². The molecule has 4 aromatic rings. The van der Waals surface area contributed by atoms with E-state index in [1.165, 1.54) is 37.6 Å². The first-order chi connectivity index (χ1) is 19.3. The van der Waals surface area contributed by atoms with E-state index in [0.717, 1.165) is 0 Å². The Bertz CT molecular complexity index is 1700. The Morgan fingerprint density at radius 1 is 1.07 bits per heavy atom. The average Bonchev–Trinajstić information content (AvgIpc) is 2.91. The second-order valence-electron chi connectivity index (χ2n) is 9.43. The van der Waals surface area contributed by atoms with Crippen molar-refractivity contribution >= 4 is 41.6 Å². The highest BCUT2D eigenvalue weighted by molar-refractivity contribution is 7.53. The zero-order valence-electron chi connectivity index (χ0n) is 22.6. The van der Waals surface area contributed by atoms with Crippen LogP contribution in [-0.4, -0.2) is 31.8 Å². The molecule has 2 aromatic heterocycles. The molecule has 0 aliphatic heterocycles. The van der Waals surface area contributed by atoms with E-state index >= 15 is 0 Å². The highest BCUT2D eigenvalue weighted by Gasteiger charge is 2.45. The largest absolute Gasteiger partial charge is 0.495 e. The quantitative estimate of drug-likeness (QED) is 0.141. The smallest absolute Gasteiger partial charge is 0.421 e. The highest BCUT2D eigenvalue weighted by atomic mass is 31.2. The predicted molar refractivity (Wildman–Crippen MR) is 150 cm³/mol. The van der Waals surface area contributed by atoms with E-state index < -0.39 is 30.3 Å². The number of hydrogen-bond donors (Lipinski definition) is 5. The maximum absolute atomic E-state index is 13.9. The van der Waals surface area contributed by atoms with Gasteiger partial charge in [0.15, 0.2) is 5.43 Å². The number of methoxy groups -OCH3 is 1. The minimum atomic E-state index is -4.81. The van der Waals surface area contributed by atoms with Gasteiger partial charge in [-0.3, -0.25) is 9.36 Å².